The van der Waals surface area contributed by atoms with Crippen molar-refractivity contribution < 1.29 is 4.74 Å². The maximum atomic E-state index is 5.31. The molecule has 5 nitrogen and oxygen atoms in total. The van der Waals surface area contributed by atoms with E-state index in [-0.39, 0.29) is 0 Å². The smallest absolute Gasteiger partial charge is 0.137 e. The Bertz CT molecular complexity index is 422. The van der Waals surface area contributed by atoms with E-state index in [2.05, 4.69) is 34.0 Å². The topological polar surface area (TPSA) is 50.3 Å². The van der Waals surface area contributed by atoms with Gasteiger partial charge in [-0.1, -0.05) is 6.92 Å². The number of rotatable bonds is 6. The summed E-state index contributed by atoms with van der Waals surface area (Å²) in [5.74, 6) is 2.68. The lowest BCUT2D eigenvalue weighted by Crippen LogP contribution is -2.38. The maximum Gasteiger partial charge on any atom is 0.137 e. The number of nitrogens with one attached hydrogen (secondary N) is 1. The van der Waals surface area contributed by atoms with E-state index >= 15 is 0 Å². The van der Waals surface area contributed by atoms with Gasteiger partial charge in [-0.05, 0) is 32.1 Å². The minimum absolute atomic E-state index is 0.607. The Morgan fingerprint density at radius 3 is 2.95 bits per heavy atom. The second-order valence-corrected chi connectivity index (χ2v) is 5.32. The lowest BCUT2D eigenvalue weighted by atomic mass is 9.98. The Balaban J connectivity index is 2.20. The number of piperidine rings is 1. The zero-order valence-electron chi connectivity index (χ0n) is 12.9. The summed E-state index contributed by atoms with van der Waals surface area (Å²) in [6.07, 6.45) is 5.07. The molecule has 5 heteroatoms. The summed E-state index contributed by atoms with van der Waals surface area (Å²) < 4.78 is 5.31. The van der Waals surface area contributed by atoms with Crippen molar-refractivity contribution in [3.05, 3.63) is 11.9 Å². The number of hydrogen-bond acceptors (Lipinski definition) is 5. The van der Waals surface area contributed by atoms with Crippen LogP contribution in [-0.2, 0) is 11.2 Å². The molecule has 0 aromatic carbocycles. The average Bonchev–Trinajstić information content (AvgIpc) is 2.48. The molecule has 0 aliphatic carbocycles. The molecule has 1 aromatic heterocycles. The molecule has 1 aromatic rings. The van der Waals surface area contributed by atoms with E-state index in [1.165, 1.54) is 18.4 Å². The van der Waals surface area contributed by atoms with E-state index in [0.717, 1.165) is 44.3 Å². The molecule has 20 heavy (non-hydrogen) atoms. The van der Waals surface area contributed by atoms with Gasteiger partial charge in [-0.2, -0.15) is 0 Å². The molecule has 2 heterocycles. The minimum Gasteiger partial charge on any atom is -0.384 e. The summed E-state index contributed by atoms with van der Waals surface area (Å²) >= 11 is 0. The highest BCUT2D eigenvalue weighted by molar-refractivity contribution is 5.59. The molecule has 2 rings (SSSR count). The Morgan fingerprint density at radius 2 is 2.25 bits per heavy atom. The highest BCUT2D eigenvalue weighted by Crippen LogP contribution is 2.28. The van der Waals surface area contributed by atoms with Gasteiger partial charge in [0.1, 0.15) is 18.0 Å². The van der Waals surface area contributed by atoms with E-state index in [1.807, 2.05) is 0 Å². The molecule has 112 valence electrons. The molecular formula is C15H26N4O. The number of aromatic nitrogens is 2. The van der Waals surface area contributed by atoms with Gasteiger partial charge < -0.3 is 15.0 Å². The Kier molecular flexibility index (Phi) is 5.59. The first-order valence-electron chi connectivity index (χ1n) is 7.61. The number of nitrogens with zero attached hydrogens (tertiary/aromatic N) is 3. The highest BCUT2D eigenvalue weighted by atomic mass is 16.5. The lowest BCUT2D eigenvalue weighted by molar-refractivity contribution is 0.143. The van der Waals surface area contributed by atoms with Crippen molar-refractivity contribution in [2.75, 3.05) is 43.6 Å². The van der Waals surface area contributed by atoms with Gasteiger partial charge in [-0.15, -0.1) is 0 Å². The molecule has 0 radical (unpaired) electrons. The number of anilines is 2. The van der Waals surface area contributed by atoms with Crippen LogP contribution in [0.3, 0.4) is 0 Å². The zero-order valence-corrected chi connectivity index (χ0v) is 12.9. The van der Waals surface area contributed by atoms with E-state index in [0.29, 0.717) is 5.92 Å². The van der Waals surface area contributed by atoms with Crippen LogP contribution in [0, 0.1) is 5.92 Å². The van der Waals surface area contributed by atoms with Crippen molar-refractivity contribution in [3.8, 4) is 0 Å². The van der Waals surface area contributed by atoms with Gasteiger partial charge in [-0.25, -0.2) is 9.97 Å². The highest BCUT2D eigenvalue weighted by Gasteiger charge is 2.23. The van der Waals surface area contributed by atoms with Gasteiger partial charge >= 0.3 is 0 Å². The Hall–Kier alpha value is -1.36. The molecule has 1 aliphatic heterocycles. The molecule has 1 atom stereocenters. The lowest BCUT2D eigenvalue weighted by Gasteiger charge is -2.34. The van der Waals surface area contributed by atoms with Crippen LogP contribution in [0.4, 0.5) is 11.6 Å². The van der Waals surface area contributed by atoms with E-state index < -0.39 is 0 Å². The maximum absolute atomic E-state index is 5.31. The van der Waals surface area contributed by atoms with Crippen molar-refractivity contribution in [2.24, 2.45) is 5.92 Å². The molecule has 1 unspecified atom stereocenters. The number of methoxy groups -OCH3 is 1. The number of ether oxygens (including phenoxy) is 1. The third-order valence-corrected chi connectivity index (χ3v) is 3.84. The summed E-state index contributed by atoms with van der Waals surface area (Å²) in [6, 6.07) is 0. The fourth-order valence-electron chi connectivity index (χ4n) is 2.95. The van der Waals surface area contributed by atoms with Crippen LogP contribution in [0.25, 0.3) is 0 Å². The fourth-order valence-corrected chi connectivity index (χ4v) is 2.95. The summed E-state index contributed by atoms with van der Waals surface area (Å²) in [5, 5.41) is 3.34. The van der Waals surface area contributed by atoms with Crippen molar-refractivity contribution >= 4 is 11.6 Å². The second kappa shape index (κ2) is 7.43. The molecule has 0 bridgehead atoms. The normalized spacial score (nSPS) is 19.1. The van der Waals surface area contributed by atoms with Gasteiger partial charge in [0.05, 0.1) is 6.61 Å². The third kappa shape index (κ3) is 3.39. The monoisotopic (exact) mass is 278 g/mol. The van der Waals surface area contributed by atoms with Crippen molar-refractivity contribution in [3.63, 3.8) is 0 Å². The van der Waals surface area contributed by atoms with Crippen LogP contribution in [0.1, 0.15) is 32.3 Å². The van der Waals surface area contributed by atoms with Crippen LogP contribution in [-0.4, -0.2) is 43.3 Å². The number of hydrogen-bond donors (Lipinski definition) is 1. The minimum atomic E-state index is 0.607. The standard InChI is InChI=1S/C15H26N4O/c1-4-13-14(16-5-2)17-11-18-15(13)19-8-6-7-12(9-19)10-20-3/h11-12H,4-10H2,1-3H3,(H,16,17,18). The fraction of sp³-hybridized carbons (Fsp3) is 0.733. The summed E-state index contributed by atoms with van der Waals surface area (Å²) in [4.78, 5) is 11.3. The molecule has 1 fully saturated rings. The van der Waals surface area contributed by atoms with Gasteiger partial charge in [0.25, 0.3) is 0 Å². The first kappa shape index (κ1) is 15.0. The van der Waals surface area contributed by atoms with Crippen LogP contribution < -0.4 is 10.2 Å². The van der Waals surface area contributed by atoms with E-state index in [9.17, 15) is 0 Å². The van der Waals surface area contributed by atoms with Crippen molar-refractivity contribution in [1.29, 1.82) is 0 Å². The van der Waals surface area contributed by atoms with Crippen molar-refractivity contribution in [1.82, 2.24) is 9.97 Å². The van der Waals surface area contributed by atoms with E-state index in [1.54, 1.807) is 13.4 Å². The zero-order chi connectivity index (χ0) is 14.4. The molecule has 1 N–H and O–H groups in total. The third-order valence-electron chi connectivity index (χ3n) is 3.84. The summed E-state index contributed by atoms with van der Waals surface area (Å²) in [5.41, 5.74) is 1.23. The van der Waals surface area contributed by atoms with Crippen LogP contribution in [0.5, 0.6) is 0 Å². The predicted molar refractivity (Wildman–Crippen MR) is 82.4 cm³/mol. The van der Waals surface area contributed by atoms with Gasteiger partial charge in [0, 0.05) is 32.3 Å². The van der Waals surface area contributed by atoms with Crippen LogP contribution >= 0.6 is 0 Å². The largest absolute Gasteiger partial charge is 0.384 e. The quantitative estimate of drug-likeness (QED) is 0.865. The molecular weight excluding hydrogens is 252 g/mol. The SMILES string of the molecule is CCNc1ncnc(N2CCCC(COC)C2)c1CC. The Morgan fingerprint density at radius 1 is 1.40 bits per heavy atom. The first-order chi connectivity index (χ1) is 9.80. The van der Waals surface area contributed by atoms with Crippen LogP contribution in [0.15, 0.2) is 6.33 Å². The predicted octanol–water partition coefficient (Wildman–Crippen LogP) is 2.33. The van der Waals surface area contributed by atoms with E-state index in [4.69, 9.17) is 4.74 Å². The molecule has 1 saturated heterocycles. The molecule has 0 amide bonds. The molecule has 0 spiro atoms. The van der Waals surface area contributed by atoms with Gasteiger partial charge in [0.2, 0.25) is 0 Å². The molecule has 0 saturated carbocycles. The Labute approximate surface area is 121 Å². The average molecular weight is 278 g/mol. The summed E-state index contributed by atoms with van der Waals surface area (Å²) in [6.45, 7) is 8.09. The first-order valence-corrected chi connectivity index (χ1v) is 7.61. The second-order valence-electron chi connectivity index (χ2n) is 5.32. The van der Waals surface area contributed by atoms with Crippen molar-refractivity contribution in [2.45, 2.75) is 33.1 Å². The summed E-state index contributed by atoms with van der Waals surface area (Å²) in [7, 11) is 1.78. The molecule has 1 aliphatic rings. The van der Waals surface area contributed by atoms with Gasteiger partial charge in [0.15, 0.2) is 0 Å². The van der Waals surface area contributed by atoms with Crippen LogP contribution in [0.2, 0.25) is 0 Å². The van der Waals surface area contributed by atoms with Gasteiger partial charge in [-0.3, -0.25) is 0 Å².